The molecule has 0 aromatic heterocycles. The molecule has 4 nitrogen and oxygen atoms in total. The van der Waals surface area contributed by atoms with Gasteiger partial charge >= 0.3 is 0 Å². The van der Waals surface area contributed by atoms with Crippen molar-refractivity contribution in [2.45, 2.75) is 6.42 Å². The van der Waals surface area contributed by atoms with E-state index in [4.69, 9.17) is 0 Å². The molecule has 1 N–H and O–H groups in total. The minimum absolute atomic E-state index is 0. The van der Waals surface area contributed by atoms with Crippen molar-refractivity contribution in [2.24, 2.45) is 11.8 Å². The van der Waals surface area contributed by atoms with Crippen molar-refractivity contribution in [2.75, 3.05) is 46.8 Å². The van der Waals surface area contributed by atoms with Crippen molar-refractivity contribution < 1.29 is 4.79 Å². The fourth-order valence-corrected chi connectivity index (χ4v) is 2.63. The third kappa shape index (κ3) is 3.09. The highest BCUT2D eigenvalue weighted by Gasteiger charge is 2.34. The van der Waals surface area contributed by atoms with Gasteiger partial charge in [-0.2, -0.15) is 0 Å². The summed E-state index contributed by atoms with van der Waals surface area (Å²) in [6, 6.07) is 0. The van der Waals surface area contributed by atoms with Gasteiger partial charge in [0.2, 0.25) is 5.91 Å². The number of likely N-dealkylation sites (N-methyl/N-ethyl adjacent to an activating group) is 1. The average molecular weight is 248 g/mol. The van der Waals surface area contributed by atoms with E-state index >= 15 is 0 Å². The number of fused-ring (bicyclic) bond motifs is 1. The van der Waals surface area contributed by atoms with Crippen molar-refractivity contribution in [1.82, 2.24) is 15.1 Å². The minimum Gasteiger partial charge on any atom is -0.341 e. The van der Waals surface area contributed by atoms with Crippen LogP contribution in [0, 0.1) is 11.8 Å². The molecule has 2 atom stereocenters. The van der Waals surface area contributed by atoms with Crippen LogP contribution in [0.25, 0.3) is 0 Å². The predicted octanol–water partition coefficient (Wildman–Crippen LogP) is 0.0377. The van der Waals surface area contributed by atoms with Gasteiger partial charge in [-0.1, -0.05) is 0 Å². The van der Waals surface area contributed by atoms with Crippen LogP contribution in [0.5, 0.6) is 0 Å². The molecular formula is C11H22ClN3O. The Labute approximate surface area is 104 Å². The highest BCUT2D eigenvalue weighted by atomic mass is 35.5. The van der Waals surface area contributed by atoms with E-state index in [9.17, 15) is 4.79 Å². The molecule has 0 spiro atoms. The maximum absolute atomic E-state index is 11.9. The number of rotatable bonds is 2. The summed E-state index contributed by atoms with van der Waals surface area (Å²) < 4.78 is 0. The highest BCUT2D eigenvalue weighted by Crippen LogP contribution is 2.26. The van der Waals surface area contributed by atoms with Gasteiger partial charge in [0.05, 0.1) is 6.54 Å². The van der Waals surface area contributed by atoms with Crippen LogP contribution in [-0.2, 0) is 4.79 Å². The third-order valence-corrected chi connectivity index (χ3v) is 3.51. The van der Waals surface area contributed by atoms with Gasteiger partial charge < -0.3 is 15.1 Å². The van der Waals surface area contributed by atoms with E-state index in [1.54, 1.807) is 0 Å². The molecule has 2 rings (SSSR count). The van der Waals surface area contributed by atoms with Gasteiger partial charge in [0.25, 0.3) is 0 Å². The lowest BCUT2D eigenvalue weighted by atomic mass is 9.89. The van der Waals surface area contributed by atoms with Crippen LogP contribution < -0.4 is 5.32 Å². The van der Waals surface area contributed by atoms with E-state index in [1.165, 1.54) is 6.42 Å². The lowest BCUT2D eigenvalue weighted by molar-refractivity contribution is -0.134. The molecular weight excluding hydrogens is 226 g/mol. The summed E-state index contributed by atoms with van der Waals surface area (Å²) in [5.41, 5.74) is 0. The smallest absolute Gasteiger partial charge is 0.236 e. The van der Waals surface area contributed by atoms with E-state index < -0.39 is 0 Å². The molecule has 2 saturated heterocycles. The second-order valence-corrected chi connectivity index (χ2v) is 5.04. The minimum atomic E-state index is 0. The summed E-state index contributed by atoms with van der Waals surface area (Å²) >= 11 is 0. The van der Waals surface area contributed by atoms with Crippen molar-refractivity contribution >= 4 is 18.3 Å². The zero-order valence-electron chi connectivity index (χ0n) is 10.1. The fraction of sp³-hybridized carbons (Fsp3) is 0.909. The van der Waals surface area contributed by atoms with Gasteiger partial charge in [-0.25, -0.2) is 0 Å². The normalized spacial score (nSPS) is 28.8. The molecule has 2 aliphatic rings. The Morgan fingerprint density at radius 3 is 2.75 bits per heavy atom. The number of hydrogen-bond donors (Lipinski definition) is 1. The van der Waals surface area contributed by atoms with Crippen LogP contribution >= 0.6 is 12.4 Å². The van der Waals surface area contributed by atoms with Crippen LogP contribution in [-0.4, -0.2) is 62.5 Å². The first-order valence-corrected chi connectivity index (χ1v) is 5.80. The Morgan fingerprint density at radius 2 is 2.06 bits per heavy atom. The number of likely N-dealkylation sites (tertiary alicyclic amines) is 1. The molecule has 0 saturated carbocycles. The van der Waals surface area contributed by atoms with Crippen LogP contribution in [0.1, 0.15) is 6.42 Å². The molecule has 0 aromatic carbocycles. The first kappa shape index (κ1) is 13.7. The summed E-state index contributed by atoms with van der Waals surface area (Å²) in [5, 5.41) is 3.42. The number of halogens is 1. The molecule has 0 aromatic rings. The molecule has 0 aliphatic carbocycles. The van der Waals surface area contributed by atoms with E-state index in [2.05, 4.69) is 5.32 Å². The number of nitrogens with one attached hydrogen (secondary N) is 1. The molecule has 0 bridgehead atoms. The summed E-state index contributed by atoms with van der Waals surface area (Å²) in [6.07, 6.45) is 1.18. The maximum Gasteiger partial charge on any atom is 0.236 e. The molecule has 5 heteroatoms. The molecule has 16 heavy (non-hydrogen) atoms. The largest absolute Gasteiger partial charge is 0.341 e. The van der Waals surface area contributed by atoms with Gasteiger partial charge in [0.1, 0.15) is 0 Å². The van der Waals surface area contributed by atoms with Crippen LogP contribution in [0.15, 0.2) is 0 Å². The Bertz CT molecular complexity index is 247. The van der Waals surface area contributed by atoms with Gasteiger partial charge in [0.15, 0.2) is 0 Å². The van der Waals surface area contributed by atoms with Crippen LogP contribution in [0.3, 0.4) is 0 Å². The van der Waals surface area contributed by atoms with Crippen LogP contribution in [0.4, 0.5) is 0 Å². The fourth-order valence-electron chi connectivity index (χ4n) is 2.63. The van der Waals surface area contributed by atoms with E-state index in [0.717, 1.165) is 32.1 Å². The predicted molar refractivity (Wildman–Crippen MR) is 66.8 cm³/mol. The lowest BCUT2D eigenvalue weighted by Gasteiger charge is -2.35. The van der Waals surface area contributed by atoms with Crippen molar-refractivity contribution in [3.8, 4) is 0 Å². The first-order chi connectivity index (χ1) is 7.16. The standard InChI is InChI=1S/C11H21N3O.ClH/c1-13(2)8-11(15)14-4-3-9-5-12-6-10(9)7-14;/h9-10,12H,3-8H2,1-2H3;1H. The van der Waals surface area contributed by atoms with E-state index in [1.807, 2.05) is 23.9 Å². The van der Waals surface area contributed by atoms with Gasteiger partial charge in [-0.05, 0) is 45.4 Å². The number of carbonyl (C=O) groups is 1. The van der Waals surface area contributed by atoms with Crippen LogP contribution in [0.2, 0.25) is 0 Å². The number of carbonyl (C=O) groups excluding carboxylic acids is 1. The summed E-state index contributed by atoms with van der Waals surface area (Å²) in [5.74, 6) is 1.80. The van der Waals surface area contributed by atoms with Crippen molar-refractivity contribution in [3.05, 3.63) is 0 Å². The Balaban J connectivity index is 0.00000128. The molecule has 2 heterocycles. The Kier molecular flexibility index (Phi) is 5.02. The molecule has 94 valence electrons. The summed E-state index contributed by atoms with van der Waals surface area (Å²) in [4.78, 5) is 15.8. The Morgan fingerprint density at radius 1 is 1.38 bits per heavy atom. The summed E-state index contributed by atoms with van der Waals surface area (Å²) in [6.45, 7) is 4.71. The van der Waals surface area contributed by atoms with Crippen molar-refractivity contribution in [3.63, 3.8) is 0 Å². The highest BCUT2D eigenvalue weighted by molar-refractivity contribution is 5.85. The average Bonchev–Trinajstić information content (AvgIpc) is 2.62. The van der Waals surface area contributed by atoms with Crippen molar-refractivity contribution in [1.29, 1.82) is 0 Å². The van der Waals surface area contributed by atoms with Gasteiger partial charge in [-0.15, -0.1) is 12.4 Å². The lowest BCUT2D eigenvalue weighted by Crippen LogP contribution is -2.46. The monoisotopic (exact) mass is 247 g/mol. The number of amides is 1. The molecule has 2 aliphatic heterocycles. The summed E-state index contributed by atoms with van der Waals surface area (Å²) in [7, 11) is 3.89. The van der Waals surface area contributed by atoms with Gasteiger partial charge in [0, 0.05) is 13.1 Å². The SMILES string of the molecule is CN(C)CC(=O)N1CCC2CNCC2C1.Cl. The van der Waals surface area contributed by atoms with Gasteiger partial charge in [-0.3, -0.25) is 4.79 Å². The zero-order chi connectivity index (χ0) is 10.8. The first-order valence-electron chi connectivity index (χ1n) is 5.80. The topological polar surface area (TPSA) is 35.6 Å². The number of piperidine rings is 1. The Hall–Kier alpha value is -0.320. The second kappa shape index (κ2) is 5.84. The zero-order valence-corrected chi connectivity index (χ0v) is 10.9. The quantitative estimate of drug-likeness (QED) is 0.749. The number of hydrogen-bond acceptors (Lipinski definition) is 3. The molecule has 2 unspecified atom stereocenters. The third-order valence-electron chi connectivity index (χ3n) is 3.51. The van der Waals surface area contributed by atoms with E-state index in [0.29, 0.717) is 12.5 Å². The maximum atomic E-state index is 11.9. The van der Waals surface area contributed by atoms with E-state index in [-0.39, 0.29) is 18.3 Å². The molecule has 0 radical (unpaired) electrons. The molecule has 2 fully saturated rings. The number of nitrogens with zero attached hydrogens (tertiary/aromatic N) is 2. The molecule has 1 amide bonds. The second-order valence-electron chi connectivity index (χ2n) is 5.04.